The zero-order valence-electron chi connectivity index (χ0n) is 17.6. The molecule has 0 saturated carbocycles. The lowest BCUT2D eigenvalue weighted by Crippen LogP contribution is -2.31. The molecule has 1 unspecified atom stereocenters. The molecule has 0 radical (unpaired) electrons. The molecular formula is C24H28O5. The number of allylic oxidation sites excluding steroid dienone is 2. The first-order valence-corrected chi connectivity index (χ1v) is 9.62. The number of hydrogen-bond donors (Lipinski definition) is 2. The van der Waals surface area contributed by atoms with Gasteiger partial charge in [0.1, 0.15) is 22.7 Å². The van der Waals surface area contributed by atoms with Crippen LogP contribution in [-0.4, -0.2) is 21.4 Å². The van der Waals surface area contributed by atoms with Crippen molar-refractivity contribution in [3.8, 4) is 11.5 Å². The third-order valence-corrected chi connectivity index (χ3v) is 5.15. The zero-order chi connectivity index (χ0) is 21.6. The molecule has 2 aromatic rings. The minimum atomic E-state index is -0.952. The minimum absolute atomic E-state index is 0.00713. The van der Waals surface area contributed by atoms with Crippen molar-refractivity contribution in [2.75, 3.05) is 0 Å². The average molecular weight is 396 g/mol. The van der Waals surface area contributed by atoms with Gasteiger partial charge in [0.05, 0.1) is 16.6 Å². The molecule has 0 saturated heterocycles. The quantitative estimate of drug-likeness (QED) is 0.558. The highest BCUT2D eigenvalue weighted by atomic mass is 16.5. The Morgan fingerprint density at radius 3 is 2.55 bits per heavy atom. The van der Waals surface area contributed by atoms with E-state index in [9.17, 15) is 15.0 Å². The highest BCUT2D eigenvalue weighted by Gasteiger charge is 2.36. The number of ether oxygens (including phenoxy) is 1. The van der Waals surface area contributed by atoms with Gasteiger partial charge in [-0.25, -0.2) is 4.79 Å². The van der Waals surface area contributed by atoms with Crippen LogP contribution in [0.2, 0.25) is 0 Å². The Morgan fingerprint density at radius 2 is 1.93 bits per heavy atom. The highest BCUT2D eigenvalue weighted by molar-refractivity contribution is 5.95. The molecule has 3 rings (SSSR count). The van der Waals surface area contributed by atoms with Crippen molar-refractivity contribution in [1.82, 2.24) is 0 Å². The summed E-state index contributed by atoms with van der Waals surface area (Å²) in [6, 6.07) is 2.85. The van der Waals surface area contributed by atoms with Crippen LogP contribution in [0.5, 0.6) is 11.5 Å². The standard InChI is InChI=1S/C24H28O5/c1-7-24(6,13-8-12-22(2,3)27)18-20-15(9-10-17(25)28-20)19(26)16-11-14-23(4,5)29-21(16)18/h7-12,14,26-27H,1,13H2,2-6H3. The van der Waals surface area contributed by atoms with E-state index in [1.54, 1.807) is 32.1 Å². The first-order chi connectivity index (χ1) is 13.4. The predicted molar refractivity (Wildman–Crippen MR) is 115 cm³/mol. The molecule has 5 nitrogen and oxygen atoms in total. The van der Waals surface area contributed by atoms with Gasteiger partial charge in [0, 0.05) is 17.0 Å². The lowest BCUT2D eigenvalue weighted by atomic mass is 9.76. The topological polar surface area (TPSA) is 79.9 Å². The van der Waals surface area contributed by atoms with Crippen molar-refractivity contribution in [1.29, 1.82) is 0 Å². The second kappa shape index (κ2) is 6.92. The first kappa shape index (κ1) is 20.9. The van der Waals surface area contributed by atoms with Crippen LogP contribution in [0, 0.1) is 0 Å². The molecule has 2 heterocycles. The molecule has 1 aliphatic heterocycles. The number of phenolic OH excluding ortho intramolecular Hbond substituents is 1. The van der Waals surface area contributed by atoms with Crippen LogP contribution in [-0.2, 0) is 5.41 Å². The lowest BCUT2D eigenvalue weighted by Gasteiger charge is -2.35. The fraction of sp³-hybridized carbons (Fsp3) is 0.375. The molecule has 1 aliphatic rings. The summed E-state index contributed by atoms with van der Waals surface area (Å²) in [6.07, 6.45) is 9.55. The Labute approximate surface area is 170 Å². The van der Waals surface area contributed by atoms with E-state index in [0.717, 1.165) is 0 Å². The van der Waals surface area contributed by atoms with Crippen LogP contribution in [0.25, 0.3) is 17.0 Å². The number of aromatic hydroxyl groups is 1. The van der Waals surface area contributed by atoms with Gasteiger partial charge in [0.15, 0.2) is 0 Å². The summed E-state index contributed by atoms with van der Waals surface area (Å²) in [4.78, 5) is 12.0. The highest BCUT2D eigenvalue weighted by Crippen LogP contribution is 2.50. The van der Waals surface area contributed by atoms with Crippen molar-refractivity contribution in [3.63, 3.8) is 0 Å². The molecular weight excluding hydrogens is 368 g/mol. The largest absolute Gasteiger partial charge is 0.506 e. The van der Waals surface area contributed by atoms with Crippen LogP contribution in [0.1, 0.15) is 52.2 Å². The van der Waals surface area contributed by atoms with Crippen molar-refractivity contribution in [3.05, 3.63) is 64.6 Å². The second-order valence-corrected chi connectivity index (χ2v) is 8.88. The van der Waals surface area contributed by atoms with Gasteiger partial charge >= 0.3 is 5.63 Å². The van der Waals surface area contributed by atoms with E-state index in [2.05, 4.69) is 6.58 Å². The summed E-state index contributed by atoms with van der Waals surface area (Å²) in [5.41, 5.74) is -1.28. The van der Waals surface area contributed by atoms with Gasteiger partial charge < -0.3 is 19.4 Å². The van der Waals surface area contributed by atoms with E-state index in [1.807, 2.05) is 39.0 Å². The third kappa shape index (κ3) is 4.01. The monoisotopic (exact) mass is 396 g/mol. The maximum atomic E-state index is 12.0. The maximum Gasteiger partial charge on any atom is 0.336 e. The Kier molecular flexibility index (Phi) is 4.99. The average Bonchev–Trinajstić information content (AvgIpc) is 2.59. The van der Waals surface area contributed by atoms with E-state index >= 15 is 0 Å². The Morgan fingerprint density at radius 1 is 1.24 bits per heavy atom. The van der Waals surface area contributed by atoms with Gasteiger partial charge in [-0.15, -0.1) is 6.58 Å². The van der Waals surface area contributed by atoms with Crippen LogP contribution < -0.4 is 10.4 Å². The maximum absolute atomic E-state index is 12.0. The number of aliphatic hydroxyl groups is 1. The van der Waals surface area contributed by atoms with Gasteiger partial charge in [-0.3, -0.25) is 0 Å². The number of rotatable bonds is 5. The third-order valence-electron chi connectivity index (χ3n) is 5.15. The molecule has 2 N–H and O–H groups in total. The molecule has 0 amide bonds. The zero-order valence-corrected chi connectivity index (χ0v) is 17.6. The van der Waals surface area contributed by atoms with Crippen LogP contribution in [0.4, 0.5) is 0 Å². The smallest absolute Gasteiger partial charge is 0.336 e. The molecule has 0 fully saturated rings. The van der Waals surface area contributed by atoms with Crippen molar-refractivity contribution < 1.29 is 19.4 Å². The fourth-order valence-corrected chi connectivity index (χ4v) is 3.52. The number of phenols is 1. The SMILES string of the molecule is C=CC(C)(CC=CC(C)(C)O)c1c2c(c(O)c3ccc(=O)oc13)C=CC(C)(C)O2. The van der Waals surface area contributed by atoms with Crippen LogP contribution in [0.15, 0.2) is 52.2 Å². The molecule has 5 heteroatoms. The summed E-state index contributed by atoms with van der Waals surface area (Å²) in [5.74, 6) is 0.476. The molecule has 1 aromatic carbocycles. The van der Waals surface area contributed by atoms with Gasteiger partial charge in [-0.1, -0.05) is 25.2 Å². The van der Waals surface area contributed by atoms with Gasteiger partial charge in [0.2, 0.25) is 0 Å². The fourth-order valence-electron chi connectivity index (χ4n) is 3.52. The van der Waals surface area contributed by atoms with Crippen LogP contribution in [0.3, 0.4) is 0 Å². The summed E-state index contributed by atoms with van der Waals surface area (Å²) in [6.45, 7) is 13.2. The summed E-state index contributed by atoms with van der Waals surface area (Å²) < 4.78 is 11.8. The van der Waals surface area contributed by atoms with Crippen molar-refractivity contribution in [2.24, 2.45) is 0 Å². The van der Waals surface area contributed by atoms with Gasteiger partial charge in [-0.2, -0.15) is 0 Å². The Balaban J connectivity index is 2.35. The Bertz CT molecular complexity index is 1080. The summed E-state index contributed by atoms with van der Waals surface area (Å²) in [5, 5.41) is 21.3. The van der Waals surface area contributed by atoms with E-state index in [0.29, 0.717) is 28.7 Å². The minimum Gasteiger partial charge on any atom is -0.506 e. The Hall–Kier alpha value is -2.79. The summed E-state index contributed by atoms with van der Waals surface area (Å²) in [7, 11) is 0. The lowest BCUT2D eigenvalue weighted by molar-refractivity contribution is 0.132. The first-order valence-electron chi connectivity index (χ1n) is 9.62. The van der Waals surface area contributed by atoms with Crippen molar-refractivity contribution in [2.45, 2.75) is 57.7 Å². The number of fused-ring (bicyclic) bond motifs is 2. The summed E-state index contributed by atoms with van der Waals surface area (Å²) >= 11 is 0. The molecule has 0 bridgehead atoms. The predicted octanol–water partition coefficient (Wildman–Crippen LogP) is 4.84. The molecule has 154 valence electrons. The molecule has 29 heavy (non-hydrogen) atoms. The molecule has 1 atom stereocenters. The van der Waals surface area contributed by atoms with E-state index in [4.69, 9.17) is 9.15 Å². The number of benzene rings is 1. The normalized spacial score (nSPS) is 17.7. The van der Waals surface area contributed by atoms with E-state index in [1.165, 1.54) is 6.07 Å². The van der Waals surface area contributed by atoms with E-state index in [-0.39, 0.29) is 11.3 Å². The second-order valence-electron chi connectivity index (χ2n) is 8.88. The van der Waals surface area contributed by atoms with Gasteiger partial charge in [0.25, 0.3) is 0 Å². The number of hydrogen-bond acceptors (Lipinski definition) is 5. The van der Waals surface area contributed by atoms with Gasteiger partial charge in [-0.05, 0) is 52.3 Å². The van der Waals surface area contributed by atoms with Crippen molar-refractivity contribution >= 4 is 17.0 Å². The van der Waals surface area contributed by atoms with Crippen LogP contribution >= 0.6 is 0 Å². The molecule has 0 aliphatic carbocycles. The molecule has 1 aromatic heterocycles. The van der Waals surface area contributed by atoms with E-state index < -0.39 is 22.2 Å². The molecule has 0 spiro atoms.